The summed E-state index contributed by atoms with van der Waals surface area (Å²) in [6.45, 7) is 2.02. The van der Waals surface area contributed by atoms with Crippen molar-refractivity contribution in [1.82, 2.24) is 9.97 Å². The fraction of sp³-hybridized carbons (Fsp3) is 0.0714. The van der Waals surface area contributed by atoms with Gasteiger partial charge in [-0.15, -0.1) is 0 Å². The Labute approximate surface area is 129 Å². The van der Waals surface area contributed by atoms with Gasteiger partial charge in [0, 0.05) is 6.20 Å². The molecule has 0 atom stereocenters. The molecule has 0 fully saturated rings. The summed E-state index contributed by atoms with van der Waals surface area (Å²) in [6, 6.07) is 7.37. The third kappa shape index (κ3) is 2.81. The van der Waals surface area contributed by atoms with Crippen molar-refractivity contribution in [2.75, 3.05) is 5.32 Å². The summed E-state index contributed by atoms with van der Waals surface area (Å²) in [5, 5.41) is 12.8. The predicted octanol–water partition coefficient (Wildman–Crippen LogP) is 4.09. The van der Waals surface area contributed by atoms with Gasteiger partial charge in [0.2, 0.25) is 0 Å². The molecule has 0 spiro atoms. The average Bonchev–Trinajstić information content (AvgIpc) is 2.82. The first-order valence-electron chi connectivity index (χ1n) is 6.06. The summed E-state index contributed by atoms with van der Waals surface area (Å²) in [5.74, 6) is -0.677. The van der Waals surface area contributed by atoms with Crippen LogP contribution >= 0.6 is 22.9 Å². The number of aromatic carboxylic acids is 1. The van der Waals surface area contributed by atoms with E-state index in [0.29, 0.717) is 10.9 Å². The molecule has 2 aromatic heterocycles. The molecule has 0 bridgehead atoms. The van der Waals surface area contributed by atoms with E-state index in [0.717, 1.165) is 10.2 Å². The first-order valence-corrected chi connectivity index (χ1v) is 7.25. The third-order valence-electron chi connectivity index (χ3n) is 2.86. The number of rotatable bonds is 3. The molecule has 0 saturated heterocycles. The van der Waals surface area contributed by atoms with Gasteiger partial charge in [0.05, 0.1) is 20.8 Å². The molecule has 3 aromatic rings. The molecule has 7 heteroatoms. The minimum absolute atomic E-state index is 0.0467. The first-order chi connectivity index (χ1) is 10.0. The van der Waals surface area contributed by atoms with E-state index in [9.17, 15) is 4.79 Å². The van der Waals surface area contributed by atoms with Crippen molar-refractivity contribution in [2.24, 2.45) is 0 Å². The van der Waals surface area contributed by atoms with Gasteiger partial charge in [-0.3, -0.25) is 0 Å². The quantitative estimate of drug-likeness (QED) is 0.760. The van der Waals surface area contributed by atoms with Gasteiger partial charge >= 0.3 is 5.97 Å². The number of nitrogens with one attached hydrogen (secondary N) is 1. The van der Waals surface area contributed by atoms with Crippen LogP contribution in [-0.2, 0) is 0 Å². The van der Waals surface area contributed by atoms with Crippen LogP contribution in [0.2, 0.25) is 5.02 Å². The standard InChI is InChI=1S/C14H10ClN3O2S/c1-7-2-3-10-11(4-7)21-14(17-10)18-12-9(15)5-8(6-16-12)13(19)20/h2-6H,1H3,(H,19,20)(H,16,17,18). The monoisotopic (exact) mass is 319 g/mol. The topological polar surface area (TPSA) is 75.1 Å². The van der Waals surface area contributed by atoms with Crippen LogP contribution in [0.25, 0.3) is 10.2 Å². The lowest BCUT2D eigenvalue weighted by Gasteiger charge is -2.04. The molecular formula is C14H10ClN3O2S. The summed E-state index contributed by atoms with van der Waals surface area (Å²) in [5.41, 5.74) is 2.11. The fourth-order valence-electron chi connectivity index (χ4n) is 1.83. The van der Waals surface area contributed by atoms with Crippen molar-refractivity contribution in [3.8, 4) is 0 Å². The highest BCUT2D eigenvalue weighted by Gasteiger charge is 2.11. The smallest absolute Gasteiger partial charge is 0.337 e. The second kappa shape index (κ2) is 5.31. The zero-order valence-corrected chi connectivity index (χ0v) is 12.5. The zero-order valence-electron chi connectivity index (χ0n) is 10.9. The Bertz CT molecular complexity index is 847. The van der Waals surface area contributed by atoms with E-state index in [4.69, 9.17) is 16.7 Å². The largest absolute Gasteiger partial charge is 0.478 e. The maximum Gasteiger partial charge on any atom is 0.337 e. The molecule has 0 unspecified atom stereocenters. The van der Waals surface area contributed by atoms with Crippen molar-refractivity contribution < 1.29 is 9.90 Å². The molecule has 2 N–H and O–H groups in total. The number of anilines is 2. The van der Waals surface area contributed by atoms with Crippen LogP contribution in [-0.4, -0.2) is 21.0 Å². The molecule has 0 aliphatic carbocycles. The number of nitrogens with zero attached hydrogens (tertiary/aromatic N) is 2. The Morgan fingerprint density at radius 3 is 2.90 bits per heavy atom. The summed E-state index contributed by atoms with van der Waals surface area (Å²) in [7, 11) is 0. The van der Waals surface area contributed by atoms with E-state index in [2.05, 4.69) is 21.4 Å². The van der Waals surface area contributed by atoms with Gasteiger partial charge in [-0.1, -0.05) is 29.0 Å². The number of thiazole rings is 1. The number of pyridine rings is 1. The molecule has 0 aliphatic rings. The van der Waals surface area contributed by atoms with Crippen LogP contribution in [0.15, 0.2) is 30.5 Å². The van der Waals surface area contributed by atoms with E-state index in [1.807, 2.05) is 19.1 Å². The van der Waals surface area contributed by atoms with Gasteiger partial charge in [-0.05, 0) is 30.7 Å². The van der Waals surface area contributed by atoms with Gasteiger partial charge in [0.1, 0.15) is 0 Å². The number of fused-ring (bicyclic) bond motifs is 1. The number of carbonyl (C=O) groups is 1. The molecule has 21 heavy (non-hydrogen) atoms. The van der Waals surface area contributed by atoms with E-state index in [-0.39, 0.29) is 10.6 Å². The molecule has 2 heterocycles. The number of hydrogen-bond donors (Lipinski definition) is 2. The Kier molecular flexibility index (Phi) is 3.48. The molecule has 1 aromatic carbocycles. The Hall–Kier alpha value is -2.18. The third-order valence-corrected chi connectivity index (χ3v) is 4.08. The SMILES string of the molecule is Cc1ccc2nc(Nc3ncc(C(=O)O)cc3Cl)sc2c1. The number of halogens is 1. The minimum Gasteiger partial charge on any atom is -0.478 e. The van der Waals surface area contributed by atoms with Gasteiger partial charge in [0.25, 0.3) is 0 Å². The van der Waals surface area contributed by atoms with Crippen LogP contribution < -0.4 is 5.32 Å². The number of carboxylic acids is 1. The first kappa shape index (κ1) is 13.8. The summed E-state index contributed by atoms with van der Waals surface area (Å²) < 4.78 is 1.07. The average molecular weight is 320 g/mol. The molecular weight excluding hydrogens is 310 g/mol. The van der Waals surface area contributed by atoms with Gasteiger partial charge in [0.15, 0.2) is 10.9 Å². The number of hydrogen-bond acceptors (Lipinski definition) is 5. The normalized spacial score (nSPS) is 10.8. The summed E-state index contributed by atoms with van der Waals surface area (Å²) in [6.07, 6.45) is 1.26. The van der Waals surface area contributed by atoms with E-state index < -0.39 is 5.97 Å². The maximum absolute atomic E-state index is 10.8. The van der Waals surface area contributed by atoms with E-state index >= 15 is 0 Å². The molecule has 5 nitrogen and oxygen atoms in total. The maximum atomic E-state index is 10.8. The number of benzene rings is 1. The lowest BCUT2D eigenvalue weighted by molar-refractivity contribution is 0.0696. The molecule has 3 rings (SSSR count). The Morgan fingerprint density at radius 1 is 1.38 bits per heavy atom. The molecule has 0 saturated carbocycles. The van der Waals surface area contributed by atoms with Gasteiger partial charge in [-0.25, -0.2) is 14.8 Å². The van der Waals surface area contributed by atoms with Crippen molar-refractivity contribution in [3.05, 3.63) is 46.6 Å². The second-order valence-electron chi connectivity index (χ2n) is 4.47. The Balaban J connectivity index is 1.93. The van der Waals surface area contributed by atoms with E-state index in [1.54, 1.807) is 0 Å². The molecule has 106 valence electrons. The lowest BCUT2D eigenvalue weighted by Crippen LogP contribution is -2.00. The Morgan fingerprint density at radius 2 is 2.19 bits per heavy atom. The molecule has 0 aliphatic heterocycles. The predicted molar refractivity (Wildman–Crippen MR) is 83.8 cm³/mol. The van der Waals surface area contributed by atoms with Crippen LogP contribution in [0.5, 0.6) is 0 Å². The highest BCUT2D eigenvalue weighted by Crippen LogP contribution is 2.30. The van der Waals surface area contributed by atoms with Crippen LogP contribution in [0.1, 0.15) is 15.9 Å². The summed E-state index contributed by atoms with van der Waals surface area (Å²) >= 11 is 7.52. The van der Waals surface area contributed by atoms with Crippen molar-refractivity contribution in [3.63, 3.8) is 0 Å². The number of carboxylic acid groups (broad SMARTS) is 1. The van der Waals surface area contributed by atoms with Gasteiger partial charge in [-0.2, -0.15) is 0 Å². The minimum atomic E-state index is -1.06. The van der Waals surface area contributed by atoms with Gasteiger partial charge < -0.3 is 10.4 Å². The van der Waals surface area contributed by atoms with Crippen LogP contribution in [0, 0.1) is 6.92 Å². The van der Waals surface area contributed by atoms with Crippen LogP contribution in [0.3, 0.4) is 0 Å². The number of aryl methyl sites for hydroxylation is 1. The summed E-state index contributed by atoms with van der Waals surface area (Å²) in [4.78, 5) is 19.3. The van der Waals surface area contributed by atoms with Crippen LogP contribution in [0.4, 0.5) is 10.9 Å². The van der Waals surface area contributed by atoms with Crippen molar-refractivity contribution in [1.29, 1.82) is 0 Å². The highest BCUT2D eigenvalue weighted by molar-refractivity contribution is 7.22. The zero-order chi connectivity index (χ0) is 15.0. The molecule has 0 radical (unpaired) electrons. The van der Waals surface area contributed by atoms with Crippen molar-refractivity contribution in [2.45, 2.75) is 6.92 Å². The number of aromatic nitrogens is 2. The van der Waals surface area contributed by atoms with E-state index in [1.165, 1.54) is 29.2 Å². The second-order valence-corrected chi connectivity index (χ2v) is 5.91. The lowest BCUT2D eigenvalue weighted by atomic mass is 10.2. The molecule has 0 amide bonds. The fourth-order valence-corrected chi connectivity index (χ4v) is 3.01. The highest BCUT2D eigenvalue weighted by atomic mass is 35.5. The van der Waals surface area contributed by atoms with Crippen molar-refractivity contribution >= 4 is 50.1 Å².